The van der Waals surface area contributed by atoms with Gasteiger partial charge in [0.25, 0.3) is 0 Å². The van der Waals surface area contributed by atoms with Gasteiger partial charge in [0, 0.05) is 208 Å². The summed E-state index contributed by atoms with van der Waals surface area (Å²) in [5, 5.41) is 15.5. The van der Waals surface area contributed by atoms with E-state index >= 15 is 0 Å². The lowest BCUT2D eigenvalue weighted by Gasteiger charge is -2.46. The zero-order valence-electron chi connectivity index (χ0n) is 65.3. The van der Waals surface area contributed by atoms with Gasteiger partial charge in [0.2, 0.25) is 0 Å². The second-order valence-electron chi connectivity index (χ2n) is 30.2. The summed E-state index contributed by atoms with van der Waals surface area (Å²) in [4.78, 5) is 100. The number of nitrogens with one attached hydrogen (secondary N) is 2. The van der Waals surface area contributed by atoms with Crippen LogP contribution in [-0.4, -0.2) is 138 Å². The second-order valence-corrected chi connectivity index (χ2v) is 30.2. The maximum atomic E-state index is 12.0. The third-order valence-electron chi connectivity index (χ3n) is 23.2. The van der Waals surface area contributed by atoms with Crippen LogP contribution in [0.5, 0.6) is 0 Å². The molecule has 0 aliphatic heterocycles. The SMILES string of the molecule is CC(=O)c1ccc2c(c1)c1cc(C(C)=O)ccc1n2CCN(C1CCC1)C1CCC1.CC(=O)c1ccc2c(c1)c1cc(C(C)=O)ccc1n2CCNC1CCC1.CCC(C)NCCn1c2ccc(C(C)=O)cc2c2cc(C(C)=O)ccc21.CCN(CC)CCn1c2ccc(C(C)=O)cc2c2cc(C(C)=O)ccc21. The lowest BCUT2D eigenvalue weighted by atomic mass is 9.84. The smallest absolute Gasteiger partial charge is 0.159 e. The number of rotatable bonds is 27. The van der Waals surface area contributed by atoms with Gasteiger partial charge in [-0.2, -0.15) is 0 Å². The van der Waals surface area contributed by atoms with E-state index < -0.39 is 0 Å². The van der Waals surface area contributed by atoms with Gasteiger partial charge >= 0.3 is 0 Å². The number of benzene rings is 8. The van der Waals surface area contributed by atoms with Crippen LogP contribution in [0.25, 0.3) is 87.2 Å². The van der Waals surface area contributed by atoms with Crippen LogP contribution in [0.15, 0.2) is 146 Å². The molecule has 3 aliphatic rings. The molecule has 1 atom stereocenters. The number of carbonyl (C=O) groups is 8. The van der Waals surface area contributed by atoms with Gasteiger partial charge in [-0.15, -0.1) is 0 Å². The quantitative estimate of drug-likeness (QED) is 0.0465. The molecule has 0 radical (unpaired) electrons. The first-order valence-electron chi connectivity index (χ1n) is 39.2. The summed E-state index contributed by atoms with van der Waals surface area (Å²) in [5.41, 5.74) is 14.6. The fourth-order valence-corrected chi connectivity index (χ4v) is 15.8. The first-order valence-corrected chi connectivity index (χ1v) is 39.2. The van der Waals surface area contributed by atoms with Crippen molar-refractivity contribution in [2.24, 2.45) is 0 Å². The van der Waals surface area contributed by atoms with Crippen molar-refractivity contribution in [3.05, 3.63) is 190 Å². The minimum atomic E-state index is 0.0500. The molecule has 16 heteroatoms. The summed E-state index contributed by atoms with van der Waals surface area (Å²) < 4.78 is 9.26. The van der Waals surface area contributed by atoms with Crippen LogP contribution in [-0.2, 0) is 26.2 Å². The molecule has 12 aromatic rings. The first kappa shape index (κ1) is 77.8. The van der Waals surface area contributed by atoms with Gasteiger partial charge in [-0.1, -0.05) is 40.0 Å². The number of Topliss-reactive ketones (excluding diaryl/α,β-unsaturated/α-hetero) is 8. The minimum Gasteiger partial charge on any atom is -0.339 e. The van der Waals surface area contributed by atoms with E-state index in [1.54, 1.807) is 55.4 Å². The van der Waals surface area contributed by atoms with E-state index in [0.29, 0.717) is 45.5 Å². The summed E-state index contributed by atoms with van der Waals surface area (Å²) in [6.07, 6.45) is 13.1. The van der Waals surface area contributed by atoms with E-state index in [1.165, 1.54) is 57.8 Å². The van der Waals surface area contributed by atoms with Crippen molar-refractivity contribution in [2.45, 2.75) is 198 Å². The number of aromatic nitrogens is 4. The number of hydrogen-bond donors (Lipinski definition) is 2. The molecule has 4 heterocycles. The van der Waals surface area contributed by atoms with Crippen molar-refractivity contribution in [3.63, 3.8) is 0 Å². The van der Waals surface area contributed by atoms with Crippen molar-refractivity contribution < 1.29 is 38.4 Å². The zero-order chi connectivity index (χ0) is 76.8. The first-order chi connectivity index (χ1) is 51.9. The highest BCUT2D eigenvalue weighted by molar-refractivity contribution is 6.17. The van der Waals surface area contributed by atoms with E-state index in [0.717, 1.165) is 182 Å². The molecule has 15 rings (SSSR count). The van der Waals surface area contributed by atoms with Crippen molar-refractivity contribution in [1.29, 1.82) is 0 Å². The predicted molar refractivity (Wildman–Crippen MR) is 441 cm³/mol. The molecule has 2 N–H and O–H groups in total. The molecule has 8 aromatic carbocycles. The standard InChI is InChI=1S/C26H30N2O2.C22H24N2O2.2C22H26N2O2/c1-17(29)19-9-11-25-23(15-19)24-16-20(18(2)30)10-12-26(24)28(25)14-13-27(21-5-3-6-21)22-7-4-8-22;1-14(25)16-6-8-21-19(12-16)20-13-17(15(2)26)7-9-22(20)24(21)11-10-23-18-4-3-5-18;1-5-14(2)23-10-11-24-21-8-6-17(15(3)25)12-19(21)20-13-18(16(4)26)7-9-22(20)24;1-5-23(6-2)11-12-24-21-9-7-17(15(3)25)13-19(21)20-14-18(16(4)26)8-10-22(20)24/h9-12,15-16,21-22H,3-8,13-14H2,1-2H3;6-9,12-13,18,23H,3-5,10-11H2,1-2H3;6-9,12-14,23H,5,10-11H2,1-4H3;7-10,13-14H,5-6,11-12H2,1-4H3. The van der Waals surface area contributed by atoms with Gasteiger partial charge in [0.15, 0.2) is 46.3 Å². The lowest BCUT2D eigenvalue weighted by molar-refractivity contribution is 0.0381. The van der Waals surface area contributed by atoms with Gasteiger partial charge < -0.3 is 33.8 Å². The number of nitrogens with zero attached hydrogens (tertiary/aromatic N) is 6. The Balaban J connectivity index is 0.000000135. The molecule has 0 amide bonds. The predicted octanol–water partition coefficient (Wildman–Crippen LogP) is 19.1. The maximum absolute atomic E-state index is 12.0. The highest BCUT2D eigenvalue weighted by Gasteiger charge is 2.34. The number of ketones is 8. The van der Waals surface area contributed by atoms with E-state index in [-0.39, 0.29) is 46.3 Å². The molecule has 16 nitrogen and oxygen atoms in total. The molecular formula is C92H106N8O8. The number of likely N-dealkylation sites (N-methyl/N-ethyl adjacent to an activating group) is 1. The minimum absolute atomic E-state index is 0.0500. The monoisotopic (exact) mass is 1450 g/mol. The normalized spacial score (nSPS) is 14.2. The van der Waals surface area contributed by atoms with E-state index in [9.17, 15) is 38.4 Å². The van der Waals surface area contributed by atoms with Crippen LogP contribution in [0.2, 0.25) is 0 Å². The van der Waals surface area contributed by atoms with Crippen LogP contribution in [0, 0.1) is 0 Å². The summed E-state index contributed by atoms with van der Waals surface area (Å²) in [5.74, 6) is 0.466. The topological polar surface area (TPSA) is 187 Å². The molecule has 1 unspecified atom stereocenters. The molecule has 0 bridgehead atoms. The average molecular weight is 1450 g/mol. The fourth-order valence-electron chi connectivity index (χ4n) is 15.8. The second kappa shape index (κ2) is 34.2. The number of fused-ring (bicyclic) bond motifs is 12. The van der Waals surface area contributed by atoms with Gasteiger partial charge in [-0.3, -0.25) is 43.3 Å². The van der Waals surface area contributed by atoms with Crippen molar-refractivity contribution in [2.75, 3.05) is 39.3 Å². The Bertz CT molecular complexity index is 5000. The Morgan fingerprint density at radius 2 is 0.583 bits per heavy atom. The Morgan fingerprint density at radius 3 is 0.796 bits per heavy atom. The highest BCUT2D eigenvalue weighted by Crippen LogP contribution is 2.38. The van der Waals surface area contributed by atoms with Gasteiger partial charge in [0.05, 0.1) is 0 Å². The van der Waals surface area contributed by atoms with Gasteiger partial charge in [-0.25, -0.2) is 0 Å². The lowest BCUT2D eigenvalue weighted by Crippen LogP contribution is -2.50. The largest absolute Gasteiger partial charge is 0.339 e. The van der Waals surface area contributed by atoms with Crippen molar-refractivity contribution in [3.8, 4) is 0 Å². The van der Waals surface area contributed by atoms with E-state index in [1.807, 2.05) is 133 Å². The van der Waals surface area contributed by atoms with Crippen LogP contribution in [0.3, 0.4) is 0 Å². The molecule has 3 saturated carbocycles. The zero-order valence-corrected chi connectivity index (χ0v) is 65.3. The maximum Gasteiger partial charge on any atom is 0.159 e. The van der Waals surface area contributed by atoms with E-state index in [4.69, 9.17) is 0 Å². The Morgan fingerprint density at radius 1 is 0.343 bits per heavy atom. The van der Waals surface area contributed by atoms with Crippen LogP contribution in [0.4, 0.5) is 0 Å². The van der Waals surface area contributed by atoms with Crippen molar-refractivity contribution >= 4 is 133 Å². The average Bonchev–Trinajstić information content (AvgIpc) is 1.62. The Kier molecular flexibility index (Phi) is 24.6. The van der Waals surface area contributed by atoms with Crippen molar-refractivity contribution in [1.82, 2.24) is 38.7 Å². The summed E-state index contributed by atoms with van der Waals surface area (Å²) in [6, 6.07) is 49.9. The molecule has 0 saturated heterocycles. The molecule has 3 fully saturated rings. The fraction of sp³-hybridized carbons (Fsp3) is 0.391. The van der Waals surface area contributed by atoms with Crippen LogP contribution >= 0.6 is 0 Å². The third-order valence-corrected chi connectivity index (χ3v) is 23.2. The summed E-state index contributed by atoms with van der Waals surface area (Å²) in [6.45, 7) is 30.8. The summed E-state index contributed by atoms with van der Waals surface area (Å²) in [7, 11) is 0. The van der Waals surface area contributed by atoms with Gasteiger partial charge in [0.1, 0.15) is 0 Å². The molecular weight excluding hydrogens is 1350 g/mol. The van der Waals surface area contributed by atoms with Crippen LogP contribution < -0.4 is 10.6 Å². The Labute approximate surface area is 634 Å². The molecule has 562 valence electrons. The van der Waals surface area contributed by atoms with Gasteiger partial charge in [-0.05, 0) is 266 Å². The van der Waals surface area contributed by atoms with E-state index in [2.05, 4.69) is 78.5 Å². The third kappa shape index (κ3) is 16.7. The Hall–Kier alpha value is -9.84. The number of carbonyl (C=O) groups excluding carboxylic acids is 8. The highest BCUT2D eigenvalue weighted by atomic mass is 16.1. The summed E-state index contributed by atoms with van der Waals surface area (Å²) >= 11 is 0. The van der Waals surface area contributed by atoms with Crippen LogP contribution in [0.1, 0.15) is 230 Å². The molecule has 108 heavy (non-hydrogen) atoms. The molecule has 4 aromatic heterocycles. The molecule has 3 aliphatic carbocycles. The number of hydrogen-bond acceptors (Lipinski definition) is 12. The molecule has 0 spiro atoms.